The van der Waals surface area contributed by atoms with Gasteiger partial charge in [-0.25, -0.2) is 0 Å². The zero-order chi connectivity index (χ0) is 14.3. The molecular weight excluding hydrogens is 242 g/mol. The third-order valence-electron chi connectivity index (χ3n) is 4.46. The molecule has 4 heteroatoms. The number of rotatable bonds is 7. The zero-order valence-corrected chi connectivity index (χ0v) is 12.8. The van der Waals surface area contributed by atoms with Gasteiger partial charge in [-0.05, 0) is 39.2 Å². The number of carbonyl (C=O) groups is 1. The van der Waals surface area contributed by atoms with E-state index in [-0.39, 0.29) is 5.97 Å². The molecule has 0 bridgehead atoms. The fourth-order valence-corrected chi connectivity index (χ4v) is 2.75. The second-order valence-corrected chi connectivity index (χ2v) is 5.76. The highest BCUT2D eigenvalue weighted by Crippen LogP contribution is 2.28. The fourth-order valence-electron chi connectivity index (χ4n) is 2.75. The number of methoxy groups -OCH3 is 1. The van der Waals surface area contributed by atoms with Crippen LogP contribution in [0.25, 0.3) is 0 Å². The molecule has 19 heavy (non-hydrogen) atoms. The highest BCUT2D eigenvalue weighted by molar-refractivity contribution is 5.80. The molecule has 0 spiro atoms. The summed E-state index contributed by atoms with van der Waals surface area (Å²) >= 11 is 0. The van der Waals surface area contributed by atoms with Crippen LogP contribution in [0.5, 0.6) is 0 Å². The van der Waals surface area contributed by atoms with Crippen molar-refractivity contribution in [2.24, 2.45) is 5.92 Å². The van der Waals surface area contributed by atoms with Gasteiger partial charge in [0.2, 0.25) is 0 Å². The Morgan fingerprint density at radius 1 is 1.42 bits per heavy atom. The topological polar surface area (TPSA) is 47.6 Å². The first kappa shape index (κ1) is 16.4. The summed E-state index contributed by atoms with van der Waals surface area (Å²) in [5.74, 6) is 0.587. The molecule has 0 aromatic heterocycles. The molecule has 3 unspecified atom stereocenters. The minimum absolute atomic E-state index is 0.228. The molecule has 1 aliphatic carbocycles. The summed E-state index contributed by atoms with van der Waals surface area (Å²) in [6.07, 6.45) is 7.20. The van der Waals surface area contributed by atoms with Gasteiger partial charge in [0.1, 0.15) is 5.54 Å². The molecule has 0 aromatic rings. The van der Waals surface area contributed by atoms with E-state index in [1.807, 2.05) is 6.92 Å². The SMILES string of the molecule is CCC1CCCC(OCCC(C)(NC)C(=O)OC)C1. The van der Waals surface area contributed by atoms with E-state index >= 15 is 0 Å². The summed E-state index contributed by atoms with van der Waals surface area (Å²) in [4.78, 5) is 11.7. The van der Waals surface area contributed by atoms with E-state index in [0.717, 1.165) is 12.3 Å². The van der Waals surface area contributed by atoms with Gasteiger partial charge in [-0.2, -0.15) is 0 Å². The van der Waals surface area contributed by atoms with Crippen molar-refractivity contribution in [1.29, 1.82) is 0 Å². The van der Waals surface area contributed by atoms with Crippen LogP contribution >= 0.6 is 0 Å². The molecule has 0 heterocycles. The number of nitrogens with one attached hydrogen (secondary N) is 1. The Labute approximate surface area is 117 Å². The lowest BCUT2D eigenvalue weighted by molar-refractivity contribution is -0.148. The molecule has 0 radical (unpaired) electrons. The highest BCUT2D eigenvalue weighted by Gasteiger charge is 2.32. The van der Waals surface area contributed by atoms with Crippen molar-refractivity contribution in [2.75, 3.05) is 20.8 Å². The number of likely N-dealkylation sites (N-methyl/N-ethyl adjacent to an activating group) is 1. The van der Waals surface area contributed by atoms with E-state index in [4.69, 9.17) is 9.47 Å². The number of carbonyl (C=O) groups excluding carboxylic acids is 1. The Bertz CT molecular complexity index is 283. The van der Waals surface area contributed by atoms with E-state index in [1.54, 1.807) is 7.05 Å². The predicted molar refractivity (Wildman–Crippen MR) is 76.1 cm³/mol. The van der Waals surface area contributed by atoms with E-state index in [1.165, 1.54) is 32.8 Å². The molecule has 4 nitrogen and oxygen atoms in total. The first-order valence-electron chi connectivity index (χ1n) is 7.44. The van der Waals surface area contributed by atoms with Crippen molar-refractivity contribution in [1.82, 2.24) is 5.32 Å². The highest BCUT2D eigenvalue weighted by atomic mass is 16.5. The molecular formula is C15H29NO3. The van der Waals surface area contributed by atoms with Gasteiger partial charge >= 0.3 is 5.97 Å². The van der Waals surface area contributed by atoms with Crippen LogP contribution in [0.4, 0.5) is 0 Å². The maximum atomic E-state index is 11.7. The Morgan fingerprint density at radius 2 is 2.16 bits per heavy atom. The van der Waals surface area contributed by atoms with Crippen LogP contribution in [0.2, 0.25) is 0 Å². The smallest absolute Gasteiger partial charge is 0.325 e. The fraction of sp³-hybridized carbons (Fsp3) is 0.933. The first-order valence-corrected chi connectivity index (χ1v) is 7.44. The van der Waals surface area contributed by atoms with Gasteiger partial charge in [0, 0.05) is 6.61 Å². The van der Waals surface area contributed by atoms with Crippen molar-refractivity contribution >= 4 is 5.97 Å². The summed E-state index contributed by atoms with van der Waals surface area (Å²) < 4.78 is 10.8. The molecule has 1 aliphatic rings. The van der Waals surface area contributed by atoms with Gasteiger partial charge in [0.15, 0.2) is 0 Å². The molecule has 1 saturated carbocycles. The third kappa shape index (κ3) is 4.77. The van der Waals surface area contributed by atoms with Crippen molar-refractivity contribution < 1.29 is 14.3 Å². The summed E-state index contributed by atoms with van der Waals surface area (Å²) in [7, 11) is 3.20. The van der Waals surface area contributed by atoms with Gasteiger partial charge < -0.3 is 14.8 Å². The van der Waals surface area contributed by atoms with Crippen LogP contribution in [0, 0.1) is 5.92 Å². The van der Waals surface area contributed by atoms with E-state index in [9.17, 15) is 4.79 Å². The molecule has 0 aliphatic heterocycles. The van der Waals surface area contributed by atoms with E-state index < -0.39 is 5.54 Å². The molecule has 1 N–H and O–H groups in total. The minimum atomic E-state index is -0.645. The van der Waals surface area contributed by atoms with Gasteiger partial charge in [-0.3, -0.25) is 4.79 Å². The molecule has 1 rings (SSSR count). The zero-order valence-electron chi connectivity index (χ0n) is 12.8. The number of ether oxygens (including phenoxy) is 2. The van der Waals surface area contributed by atoms with Crippen molar-refractivity contribution in [3.63, 3.8) is 0 Å². The number of esters is 1. The second-order valence-electron chi connectivity index (χ2n) is 5.76. The Morgan fingerprint density at radius 3 is 2.74 bits per heavy atom. The summed E-state index contributed by atoms with van der Waals surface area (Å²) in [6.45, 7) is 4.72. The minimum Gasteiger partial charge on any atom is -0.468 e. The van der Waals surface area contributed by atoms with Gasteiger partial charge in [0.05, 0.1) is 13.2 Å². The van der Waals surface area contributed by atoms with Crippen LogP contribution in [0.1, 0.15) is 52.4 Å². The Balaban J connectivity index is 2.34. The largest absolute Gasteiger partial charge is 0.468 e. The quantitative estimate of drug-likeness (QED) is 0.723. The maximum Gasteiger partial charge on any atom is 0.325 e. The molecule has 3 atom stereocenters. The molecule has 0 amide bonds. The van der Waals surface area contributed by atoms with Crippen LogP contribution < -0.4 is 5.32 Å². The molecule has 112 valence electrons. The van der Waals surface area contributed by atoms with Crippen LogP contribution in [0.15, 0.2) is 0 Å². The lowest BCUT2D eigenvalue weighted by Crippen LogP contribution is -2.49. The molecule has 0 aromatic carbocycles. The Hall–Kier alpha value is -0.610. The first-order chi connectivity index (χ1) is 9.05. The van der Waals surface area contributed by atoms with Crippen LogP contribution in [-0.2, 0) is 14.3 Å². The number of hydrogen-bond donors (Lipinski definition) is 1. The normalized spacial score (nSPS) is 26.7. The average molecular weight is 271 g/mol. The van der Waals surface area contributed by atoms with Gasteiger partial charge in [-0.1, -0.05) is 26.2 Å². The maximum absolute atomic E-state index is 11.7. The van der Waals surface area contributed by atoms with Crippen molar-refractivity contribution in [3.05, 3.63) is 0 Å². The van der Waals surface area contributed by atoms with Gasteiger partial charge in [0.25, 0.3) is 0 Å². The Kier molecular flexibility index (Phi) is 6.80. The monoisotopic (exact) mass is 271 g/mol. The lowest BCUT2D eigenvalue weighted by atomic mass is 9.85. The van der Waals surface area contributed by atoms with E-state index in [2.05, 4.69) is 12.2 Å². The summed E-state index contributed by atoms with van der Waals surface area (Å²) in [5, 5.41) is 3.03. The van der Waals surface area contributed by atoms with E-state index in [0.29, 0.717) is 19.1 Å². The average Bonchev–Trinajstić information content (AvgIpc) is 2.46. The summed E-state index contributed by atoms with van der Waals surface area (Å²) in [5.41, 5.74) is -0.645. The number of hydrogen-bond acceptors (Lipinski definition) is 4. The third-order valence-corrected chi connectivity index (χ3v) is 4.46. The van der Waals surface area contributed by atoms with Gasteiger partial charge in [-0.15, -0.1) is 0 Å². The lowest BCUT2D eigenvalue weighted by Gasteiger charge is -2.30. The van der Waals surface area contributed by atoms with Crippen molar-refractivity contribution in [2.45, 2.75) is 64.0 Å². The molecule has 0 saturated heterocycles. The van der Waals surface area contributed by atoms with Crippen LogP contribution in [-0.4, -0.2) is 38.4 Å². The van der Waals surface area contributed by atoms with Crippen molar-refractivity contribution in [3.8, 4) is 0 Å². The standard InChI is InChI=1S/C15H29NO3/c1-5-12-7-6-8-13(11-12)19-10-9-15(2,16-3)14(17)18-4/h12-13,16H,5-11H2,1-4H3. The predicted octanol–water partition coefficient (Wildman–Crippen LogP) is 2.51. The summed E-state index contributed by atoms with van der Waals surface area (Å²) in [6, 6.07) is 0. The second kappa shape index (κ2) is 7.85. The molecule has 1 fully saturated rings. The van der Waals surface area contributed by atoms with Crippen LogP contribution in [0.3, 0.4) is 0 Å².